The third-order valence-electron chi connectivity index (χ3n) is 4.75. The van der Waals surface area contributed by atoms with Crippen LogP contribution in [0.4, 0.5) is 23.8 Å². The number of amides is 2. The van der Waals surface area contributed by atoms with Crippen LogP contribution in [0.25, 0.3) is 11.5 Å². The molecule has 1 aliphatic heterocycles. The summed E-state index contributed by atoms with van der Waals surface area (Å²) in [5, 5.41) is 9.70. The van der Waals surface area contributed by atoms with Crippen molar-refractivity contribution in [3.8, 4) is 11.5 Å². The van der Waals surface area contributed by atoms with E-state index in [1.165, 1.54) is 0 Å². The van der Waals surface area contributed by atoms with Crippen molar-refractivity contribution >= 4 is 11.8 Å². The van der Waals surface area contributed by atoms with E-state index in [1.54, 1.807) is 58.5 Å². The van der Waals surface area contributed by atoms with E-state index in [4.69, 9.17) is 4.42 Å². The minimum atomic E-state index is -4.70. The van der Waals surface area contributed by atoms with Crippen LogP contribution in [-0.4, -0.2) is 52.3 Å². The van der Waals surface area contributed by atoms with Gasteiger partial charge < -0.3 is 14.6 Å². The van der Waals surface area contributed by atoms with Crippen LogP contribution >= 0.6 is 0 Å². The molecular formula is C20H19F3N6O2. The van der Waals surface area contributed by atoms with Gasteiger partial charge in [0.1, 0.15) is 5.82 Å². The molecule has 3 heterocycles. The number of anilines is 1. The molecule has 162 valence electrons. The number of hydrogen-bond donors (Lipinski definition) is 1. The van der Waals surface area contributed by atoms with E-state index in [0.717, 1.165) is 18.7 Å². The Morgan fingerprint density at radius 1 is 1.10 bits per heavy atom. The van der Waals surface area contributed by atoms with Gasteiger partial charge in [-0.3, -0.25) is 4.90 Å². The molecule has 0 unspecified atom stereocenters. The zero-order valence-corrected chi connectivity index (χ0v) is 16.3. The first-order valence-electron chi connectivity index (χ1n) is 9.60. The molecule has 1 saturated heterocycles. The van der Waals surface area contributed by atoms with Crippen LogP contribution in [0.1, 0.15) is 11.5 Å². The molecule has 2 aromatic heterocycles. The largest absolute Gasteiger partial charge is 0.470 e. The molecule has 11 heteroatoms. The van der Waals surface area contributed by atoms with E-state index in [0.29, 0.717) is 24.5 Å². The van der Waals surface area contributed by atoms with Gasteiger partial charge in [-0.1, -0.05) is 18.2 Å². The summed E-state index contributed by atoms with van der Waals surface area (Å²) in [6, 6.07) is 11.7. The number of hydrogen-bond acceptors (Lipinski definition) is 6. The summed E-state index contributed by atoms with van der Waals surface area (Å²) in [6.07, 6.45) is -3.08. The zero-order valence-electron chi connectivity index (χ0n) is 16.3. The second-order valence-electron chi connectivity index (χ2n) is 6.90. The van der Waals surface area contributed by atoms with Gasteiger partial charge in [0.15, 0.2) is 0 Å². The lowest BCUT2D eigenvalue weighted by Crippen LogP contribution is -2.51. The van der Waals surface area contributed by atoms with E-state index in [-0.39, 0.29) is 18.5 Å². The fraction of sp³-hybridized carbons (Fsp3) is 0.300. The number of halogens is 3. The summed E-state index contributed by atoms with van der Waals surface area (Å²) in [5.41, 5.74) is 1.12. The van der Waals surface area contributed by atoms with Gasteiger partial charge in [0.05, 0.1) is 6.54 Å². The summed E-state index contributed by atoms with van der Waals surface area (Å²) in [5.74, 6) is -1.10. The molecular weight excluding hydrogens is 413 g/mol. The fourth-order valence-corrected chi connectivity index (χ4v) is 3.18. The highest BCUT2D eigenvalue weighted by Gasteiger charge is 2.38. The van der Waals surface area contributed by atoms with E-state index >= 15 is 0 Å². The van der Waals surface area contributed by atoms with Gasteiger partial charge >= 0.3 is 18.1 Å². The van der Waals surface area contributed by atoms with E-state index in [9.17, 15) is 18.0 Å². The first kappa shape index (κ1) is 20.8. The summed E-state index contributed by atoms with van der Waals surface area (Å²) >= 11 is 0. The number of nitrogens with one attached hydrogen (secondary N) is 1. The predicted octanol–water partition coefficient (Wildman–Crippen LogP) is 3.18. The molecule has 1 aliphatic rings. The average Bonchev–Trinajstić information content (AvgIpc) is 3.30. The van der Waals surface area contributed by atoms with E-state index in [1.807, 2.05) is 0 Å². The highest BCUT2D eigenvalue weighted by molar-refractivity contribution is 5.91. The first-order valence-corrected chi connectivity index (χ1v) is 9.60. The van der Waals surface area contributed by atoms with E-state index in [2.05, 4.69) is 20.5 Å². The molecule has 1 N–H and O–H groups in total. The monoisotopic (exact) mass is 432 g/mol. The Morgan fingerprint density at radius 2 is 1.84 bits per heavy atom. The number of rotatable bonds is 4. The SMILES string of the molecule is O=C(N1CCNCC1)N(Cc1ccc(-c2nnc(C(F)(F)F)o2)cc1)c1ccccn1. The number of alkyl halides is 3. The molecule has 0 bridgehead atoms. The molecule has 4 rings (SSSR count). The molecule has 0 radical (unpaired) electrons. The Morgan fingerprint density at radius 3 is 2.45 bits per heavy atom. The maximum Gasteiger partial charge on any atom is 0.470 e. The quantitative estimate of drug-likeness (QED) is 0.682. The molecule has 2 amide bonds. The number of urea groups is 1. The van der Waals surface area contributed by atoms with Gasteiger partial charge in [0.25, 0.3) is 0 Å². The van der Waals surface area contributed by atoms with Crippen molar-refractivity contribution < 1.29 is 22.4 Å². The summed E-state index contributed by atoms with van der Waals surface area (Å²) in [4.78, 5) is 20.8. The number of carbonyl (C=O) groups excluding carboxylic acids is 1. The first-order chi connectivity index (χ1) is 14.9. The minimum Gasteiger partial charge on any atom is -0.413 e. The van der Waals surface area contributed by atoms with Crippen LogP contribution in [0.15, 0.2) is 53.1 Å². The third kappa shape index (κ3) is 4.82. The fourth-order valence-electron chi connectivity index (χ4n) is 3.18. The number of aromatic nitrogens is 3. The minimum absolute atomic E-state index is 0.156. The van der Waals surface area contributed by atoms with Gasteiger partial charge in [0.2, 0.25) is 5.89 Å². The maximum absolute atomic E-state index is 13.1. The van der Waals surface area contributed by atoms with Crippen LogP contribution in [0.5, 0.6) is 0 Å². The van der Waals surface area contributed by atoms with Gasteiger partial charge in [-0.25, -0.2) is 9.78 Å². The number of carbonyl (C=O) groups is 1. The van der Waals surface area contributed by atoms with Gasteiger partial charge in [-0.15, -0.1) is 10.2 Å². The Bertz CT molecular complexity index is 1020. The highest BCUT2D eigenvalue weighted by Crippen LogP contribution is 2.30. The number of pyridine rings is 1. The van der Waals surface area contributed by atoms with Gasteiger partial charge in [-0.2, -0.15) is 13.2 Å². The lowest BCUT2D eigenvalue weighted by atomic mass is 10.1. The molecule has 0 atom stereocenters. The van der Waals surface area contributed by atoms with Crippen LogP contribution in [0.3, 0.4) is 0 Å². The maximum atomic E-state index is 13.1. The number of nitrogens with zero attached hydrogens (tertiary/aromatic N) is 5. The molecule has 0 saturated carbocycles. The zero-order chi connectivity index (χ0) is 21.8. The molecule has 3 aromatic rings. The Balaban J connectivity index is 1.54. The van der Waals surface area contributed by atoms with Crippen LogP contribution in [-0.2, 0) is 12.7 Å². The molecule has 0 aliphatic carbocycles. The number of piperazine rings is 1. The normalized spacial score (nSPS) is 14.5. The number of benzene rings is 1. The standard InChI is InChI=1S/C20H19F3N6O2/c21-20(22,23)18-27-26-17(31-18)15-6-4-14(5-7-15)13-29(16-3-1-2-8-25-16)19(30)28-11-9-24-10-12-28/h1-8,24H,9-13H2. The Labute approximate surface area is 175 Å². The lowest BCUT2D eigenvalue weighted by Gasteiger charge is -2.33. The van der Waals surface area contributed by atoms with Crippen molar-refractivity contribution in [3.05, 3.63) is 60.1 Å². The molecule has 1 aromatic carbocycles. The lowest BCUT2D eigenvalue weighted by molar-refractivity contribution is -0.156. The Hall–Kier alpha value is -3.47. The average molecular weight is 432 g/mol. The van der Waals surface area contributed by atoms with Crippen LogP contribution in [0, 0.1) is 0 Å². The van der Waals surface area contributed by atoms with Crippen molar-refractivity contribution in [2.45, 2.75) is 12.7 Å². The van der Waals surface area contributed by atoms with Crippen molar-refractivity contribution in [1.82, 2.24) is 25.4 Å². The second kappa shape index (κ2) is 8.72. The molecule has 0 spiro atoms. The molecule has 8 nitrogen and oxygen atoms in total. The predicted molar refractivity (Wildman–Crippen MR) is 105 cm³/mol. The Kier molecular flexibility index (Phi) is 5.85. The smallest absolute Gasteiger partial charge is 0.413 e. The highest BCUT2D eigenvalue weighted by atomic mass is 19.4. The van der Waals surface area contributed by atoms with Gasteiger partial charge in [-0.05, 0) is 29.8 Å². The van der Waals surface area contributed by atoms with Crippen LogP contribution in [0.2, 0.25) is 0 Å². The summed E-state index contributed by atoms with van der Waals surface area (Å²) in [6.45, 7) is 2.89. The topological polar surface area (TPSA) is 87.4 Å². The summed E-state index contributed by atoms with van der Waals surface area (Å²) in [7, 11) is 0. The van der Waals surface area contributed by atoms with Crippen LogP contribution < -0.4 is 10.2 Å². The van der Waals surface area contributed by atoms with Crippen molar-refractivity contribution in [2.24, 2.45) is 0 Å². The van der Waals surface area contributed by atoms with Crippen molar-refractivity contribution in [2.75, 3.05) is 31.1 Å². The van der Waals surface area contributed by atoms with E-state index < -0.39 is 12.1 Å². The summed E-state index contributed by atoms with van der Waals surface area (Å²) < 4.78 is 42.7. The third-order valence-corrected chi connectivity index (χ3v) is 4.75. The van der Waals surface area contributed by atoms with Gasteiger partial charge in [0, 0.05) is 37.9 Å². The molecule has 31 heavy (non-hydrogen) atoms. The second-order valence-corrected chi connectivity index (χ2v) is 6.90. The van der Waals surface area contributed by atoms with Crippen molar-refractivity contribution in [3.63, 3.8) is 0 Å². The van der Waals surface area contributed by atoms with Crippen molar-refractivity contribution in [1.29, 1.82) is 0 Å². The molecule has 1 fully saturated rings.